The fourth-order valence-corrected chi connectivity index (χ4v) is 3.98. The average Bonchev–Trinajstić information content (AvgIpc) is 3.25. The van der Waals surface area contributed by atoms with Crippen molar-refractivity contribution in [3.63, 3.8) is 0 Å². The molecule has 4 N–H and O–H groups in total. The fourth-order valence-electron chi connectivity index (χ4n) is 3.98. The van der Waals surface area contributed by atoms with Crippen molar-refractivity contribution in [3.8, 4) is 0 Å². The summed E-state index contributed by atoms with van der Waals surface area (Å²) in [5.74, 6) is -0.813. The van der Waals surface area contributed by atoms with Crippen LogP contribution in [0.4, 0.5) is 20.8 Å². The van der Waals surface area contributed by atoms with Gasteiger partial charge in [-0.05, 0) is 19.3 Å². The molecule has 1 saturated heterocycles. The summed E-state index contributed by atoms with van der Waals surface area (Å²) in [5.41, 5.74) is 5.07. The van der Waals surface area contributed by atoms with Crippen molar-refractivity contribution in [2.45, 2.75) is 39.0 Å². The molecule has 2 amide bonds. The van der Waals surface area contributed by atoms with E-state index < -0.39 is 23.7 Å². The number of rotatable bonds is 8. The van der Waals surface area contributed by atoms with Crippen LogP contribution in [0.1, 0.15) is 37.9 Å². The summed E-state index contributed by atoms with van der Waals surface area (Å²) in [6, 6.07) is 0. The van der Waals surface area contributed by atoms with Crippen molar-refractivity contribution in [2.24, 2.45) is 11.8 Å². The fraction of sp³-hybridized carbons (Fsp3) is 0.684. The predicted molar refractivity (Wildman–Crippen MR) is 108 cm³/mol. The number of carbonyl (C=O) groups excluding carboxylic acids is 1. The van der Waals surface area contributed by atoms with Crippen LogP contribution >= 0.6 is 0 Å². The molecule has 3 rings (SSSR count). The van der Waals surface area contributed by atoms with Crippen molar-refractivity contribution in [2.75, 3.05) is 43.2 Å². The highest BCUT2D eigenvalue weighted by Gasteiger charge is 2.27. The number of carbonyl (C=O) groups is 2. The zero-order chi connectivity index (χ0) is 21.5. The number of aromatic nitrogens is 2. The van der Waals surface area contributed by atoms with E-state index in [0.29, 0.717) is 44.5 Å². The van der Waals surface area contributed by atoms with Crippen LogP contribution in [0.25, 0.3) is 0 Å². The number of anilines is 2. The van der Waals surface area contributed by atoms with Gasteiger partial charge in [0.2, 0.25) is 11.7 Å². The average molecular weight is 424 g/mol. The van der Waals surface area contributed by atoms with Gasteiger partial charge in [0.25, 0.3) is 0 Å². The Morgan fingerprint density at radius 1 is 1.27 bits per heavy atom. The molecule has 0 radical (unpaired) electrons. The molecule has 11 heteroatoms. The van der Waals surface area contributed by atoms with E-state index in [1.54, 1.807) is 11.8 Å². The van der Waals surface area contributed by atoms with Gasteiger partial charge in [-0.3, -0.25) is 15.6 Å². The van der Waals surface area contributed by atoms with Crippen molar-refractivity contribution in [1.29, 1.82) is 0 Å². The molecular weight excluding hydrogens is 395 g/mol. The second-order valence-corrected chi connectivity index (χ2v) is 7.74. The van der Waals surface area contributed by atoms with Gasteiger partial charge in [0, 0.05) is 19.6 Å². The molecule has 1 atom stereocenters. The van der Waals surface area contributed by atoms with Gasteiger partial charge in [0.15, 0.2) is 11.6 Å². The lowest BCUT2D eigenvalue weighted by molar-refractivity contribution is -0.124. The lowest BCUT2D eigenvalue weighted by Crippen LogP contribution is -2.42. The van der Waals surface area contributed by atoms with Gasteiger partial charge < -0.3 is 20.1 Å². The van der Waals surface area contributed by atoms with Crippen molar-refractivity contribution >= 4 is 23.6 Å². The quantitative estimate of drug-likeness (QED) is 0.464. The van der Waals surface area contributed by atoms with Crippen molar-refractivity contribution in [3.05, 3.63) is 11.6 Å². The monoisotopic (exact) mass is 424 g/mol. The lowest BCUT2D eigenvalue weighted by atomic mass is 9.92. The summed E-state index contributed by atoms with van der Waals surface area (Å²) in [5, 5.41) is 11.2. The smallest absolute Gasteiger partial charge is 0.404 e. The van der Waals surface area contributed by atoms with Crippen LogP contribution in [0.5, 0.6) is 0 Å². The number of morpholine rings is 1. The molecule has 0 spiro atoms. The van der Waals surface area contributed by atoms with E-state index in [1.165, 1.54) is 0 Å². The number of hydrazine groups is 1. The topological polar surface area (TPSA) is 129 Å². The minimum absolute atomic E-state index is 0.00363. The summed E-state index contributed by atoms with van der Waals surface area (Å²) in [7, 11) is 0. The largest absolute Gasteiger partial charge is 0.465 e. The SMILES string of the molecule is Cc1nc(NNC(=O)[C@@H](CNC(=O)O)CC2CCCC2)c(F)c(N2CCOCC2)n1. The van der Waals surface area contributed by atoms with Crippen LogP contribution in [0.15, 0.2) is 0 Å². The Balaban J connectivity index is 1.66. The number of halogens is 1. The minimum Gasteiger partial charge on any atom is -0.465 e. The molecule has 1 aromatic heterocycles. The van der Waals surface area contributed by atoms with E-state index in [0.717, 1.165) is 25.7 Å². The number of ether oxygens (including phenoxy) is 1. The minimum atomic E-state index is -1.18. The van der Waals surface area contributed by atoms with Crippen molar-refractivity contribution in [1.82, 2.24) is 20.7 Å². The Morgan fingerprint density at radius 2 is 1.97 bits per heavy atom. The summed E-state index contributed by atoms with van der Waals surface area (Å²) in [6.07, 6.45) is 3.72. The zero-order valence-corrected chi connectivity index (χ0v) is 17.1. The van der Waals surface area contributed by atoms with Crippen LogP contribution in [0.3, 0.4) is 0 Å². The van der Waals surface area contributed by atoms with E-state index in [2.05, 4.69) is 26.1 Å². The predicted octanol–water partition coefficient (Wildman–Crippen LogP) is 1.67. The molecule has 30 heavy (non-hydrogen) atoms. The van der Waals surface area contributed by atoms with Gasteiger partial charge in [0.1, 0.15) is 5.82 Å². The number of hydrogen-bond acceptors (Lipinski definition) is 7. The van der Waals surface area contributed by atoms with E-state index in [-0.39, 0.29) is 18.2 Å². The first-order valence-electron chi connectivity index (χ1n) is 10.3. The van der Waals surface area contributed by atoms with E-state index in [9.17, 15) is 14.0 Å². The van der Waals surface area contributed by atoms with Gasteiger partial charge in [-0.1, -0.05) is 25.7 Å². The third-order valence-corrected chi connectivity index (χ3v) is 5.52. The maximum atomic E-state index is 15.0. The summed E-state index contributed by atoms with van der Waals surface area (Å²) < 4.78 is 20.3. The summed E-state index contributed by atoms with van der Waals surface area (Å²) in [6.45, 7) is 3.66. The maximum Gasteiger partial charge on any atom is 0.404 e. The van der Waals surface area contributed by atoms with E-state index in [1.807, 2.05) is 0 Å². The normalized spacial score (nSPS) is 18.1. The van der Waals surface area contributed by atoms with E-state index >= 15 is 0 Å². The number of carboxylic acid groups (broad SMARTS) is 1. The van der Waals surface area contributed by atoms with Crippen LogP contribution in [-0.2, 0) is 9.53 Å². The highest BCUT2D eigenvalue weighted by Crippen LogP contribution is 2.30. The molecule has 0 aromatic carbocycles. The van der Waals surface area contributed by atoms with Crippen LogP contribution in [0, 0.1) is 24.6 Å². The molecule has 166 valence electrons. The third-order valence-electron chi connectivity index (χ3n) is 5.52. The lowest BCUT2D eigenvalue weighted by Gasteiger charge is -2.28. The number of nitrogens with one attached hydrogen (secondary N) is 3. The molecule has 2 heterocycles. The summed E-state index contributed by atoms with van der Waals surface area (Å²) >= 11 is 0. The highest BCUT2D eigenvalue weighted by molar-refractivity contribution is 5.80. The number of aryl methyl sites for hydroxylation is 1. The first-order valence-corrected chi connectivity index (χ1v) is 10.3. The zero-order valence-electron chi connectivity index (χ0n) is 17.1. The standard InChI is InChI=1S/C19H29FN6O4/c1-12-22-16(15(20)17(23-12)26-6-8-30-9-7-26)24-25-18(27)14(11-21-19(28)29)10-13-4-2-3-5-13/h13-14,21H,2-11H2,1H3,(H,25,27)(H,28,29)(H,22,23,24)/t14-/m1/s1. The number of amides is 2. The van der Waals surface area contributed by atoms with Gasteiger partial charge in [-0.15, -0.1) is 0 Å². The molecule has 0 bridgehead atoms. The Bertz CT molecular complexity index is 753. The second kappa shape index (κ2) is 10.4. The Labute approximate surface area is 174 Å². The molecule has 2 aliphatic rings. The van der Waals surface area contributed by atoms with Gasteiger partial charge in [0.05, 0.1) is 19.1 Å². The Hall–Kier alpha value is -2.69. The van der Waals surface area contributed by atoms with Gasteiger partial charge in [-0.25, -0.2) is 14.8 Å². The van der Waals surface area contributed by atoms with Gasteiger partial charge in [-0.2, -0.15) is 4.39 Å². The molecule has 1 saturated carbocycles. The number of nitrogens with zero attached hydrogens (tertiary/aromatic N) is 3. The van der Waals surface area contributed by atoms with Crippen LogP contribution in [0.2, 0.25) is 0 Å². The van der Waals surface area contributed by atoms with Crippen molar-refractivity contribution < 1.29 is 23.8 Å². The molecule has 10 nitrogen and oxygen atoms in total. The molecule has 0 unspecified atom stereocenters. The van der Waals surface area contributed by atoms with E-state index in [4.69, 9.17) is 9.84 Å². The Kier molecular flexibility index (Phi) is 7.61. The number of hydrogen-bond donors (Lipinski definition) is 4. The summed E-state index contributed by atoms with van der Waals surface area (Å²) in [4.78, 5) is 33.6. The first kappa shape index (κ1) is 22.0. The molecule has 1 aliphatic carbocycles. The molecule has 1 aliphatic heterocycles. The Morgan fingerprint density at radius 3 is 2.63 bits per heavy atom. The second-order valence-electron chi connectivity index (χ2n) is 7.74. The van der Waals surface area contributed by atoms with Gasteiger partial charge >= 0.3 is 6.09 Å². The first-order chi connectivity index (χ1) is 14.4. The maximum absolute atomic E-state index is 15.0. The van der Waals surface area contributed by atoms with Crippen LogP contribution < -0.4 is 21.1 Å². The molecule has 1 aromatic rings. The highest BCUT2D eigenvalue weighted by atomic mass is 19.1. The third kappa shape index (κ3) is 5.91. The molecule has 2 fully saturated rings. The van der Waals surface area contributed by atoms with Crippen LogP contribution in [-0.4, -0.2) is 59.9 Å². The molecular formula is C19H29FN6O4.